The molecule has 0 aliphatic rings. The van der Waals surface area contributed by atoms with Crippen LogP contribution in [0.2, 0.25) is 0 Å². The highest BCUT2D eigenvalue weighted by Crippen LogP contribution is 2.23. The predicted octanol–water partition coefficient (Wildman–Crippen LogP) is 3.29. The smallest absolute Gasteiger partial charge is 0.244 e. The molecule has 0 bridgehead atoms. The van der Waals surface area contributed by atoms with E-state index in [9.17, 15) is 22.4 Å². The molecule has 2 amide bonds. The monoisotopic (exact) mass is 511 g/mol. The number of rotatable bonds is 10. The maximum Gasteiger partial charge on any atom is 0.244 e. The van der Waals surface area contributed by atoms with Crippen LogP contribution < -0.4 is 9.62 Å². The van der Waals surface area contributed by atoms with Crippen LogP contribution in [0, 0.1) is 12.7 Å². The van der Waals surface area contributed by atoms with Crippen LogP contribution in [0.5, 0.6) is 0 Å². The molecular formula is C27H30FN3O4S. The Morgan fingerprint density at radius 3 is 2.17 bits per heavy atom. The highest BCUT2D eigenvalue weighted by atomic mass is 32.2. The second-order valence-corrected chi connectivity index (χ2v) is 10.4. The summed E-state index contributed by atoms with van der Waals surface area (Å²) in [6.45, 7) is 1.31. The first-order valence-electron chi connectivity index (χ1n) is 11.4. The van der Waals surface area contributed by atoms with Crippen molar-refractivity contribution in [2.24, 2.45) is 0 Å². The first kappa shape index (κ1) is 26.9. The average molecular weight is 512 g/mol. The summed E-state index contributed by atoms with van der Waals surface area (Å²) in [5, 5.41) is 2.62. The molecule has 0 aromatic heterocycles. The van der Waals surface area contributed by atoms with Crippen LogP contribution in [0.4, 0.5) is 10.1 Å². The lowest BCUT2D eigenvalue weighted by Gasteiger charge is -2.33. The zero-order chi connectivity index (χ0) is 26.3. The minimum absolute atomic E-state index is 0.0747. The second kappa shape index (κ2) is 11.8. The van der Waals surface area contributed by atoms with Crippen LogP contribution in [0.25, 0.3) is 0 Å². The topological polar surface area (TPSA) is 86.8 Å². The van der Waals surface area contributed by atoms with E-state index < -0.39 is 40.2 Å². The normalized spacial score (nSPS) is 12.0. The van der Waals surface area contributed by atoms with Gasteiger partial charge >= 0.3 is 0 Å². The Bertz CT molecular complexity index is 1320. The number of nitrogens with zero attached hydrogens (tertiary/aromatic N) is 2. The molecule has 0 aliphatic heterocycles. The number of halogens is 1. The number of aryl methyl sites for hydroxylation is 1. The van der Waals surface area contributed by atoms with Crippen molar-refractivity contribution >= 4 is 27.5 Å². The van der Waals surface area contributed by atoms with E-state index in [1.165, 1.54) is 30.1 Å². The highest BCUT2D eigenvalue weighted by Gasteiger charge is 2.33. The number of nitrogens with one attached hydrogen (secondary N) is 1. The van der Waals surface area contributed by atoms with Crippen LogP contribution in [-0.2, 0) is 32.6 Å². The van der Waals surface area contributed by atoms with Gasteiger partial charge in [0.25, 0.3) is 0 Å². The lowest BCUT2D eigenvalue weighted by atomic mass is 10.0. The lowest BCUT2D eigenvalue weighted by Crippen LogP contribution is -2.53. The largest absolute Gasteiger partial charge is 0.357 e. The van der Waals surface area contributed by atoms with Crippen LogP contribution in [0.1, 0.15) is 16.7 Å². The minimum Gasteiger partial charge on any atom is -0.357 e. The Labute approximate surface area is 211 Å². The van der Waals surface area contributed by atoms with Crippen molar-refractivity contribution in [3.8, 4) is 0 Å². The van der Waals surface area contributed by atoms with Gasteiger partial charge in [-0.2, -0.15) is 0 Å². The quantitative estimate of drug-likeness (QED) is 0.453. The van der Waals surface area contributed by atoms with Crippen LogP contribution >= 0.6 is 0 Å². The number of carbonyl (C=O) groups is 2. The summed E-state index contributed by atoms with van der Waals surface area (Å²) in [5.74, 6) is -1.79. The maximum absolute atomic E-state index is 14.6. The van der Waals surface area contributed by atoms with Crippen molar-refractivity contribution < 1.29 is 22.4 Å². The minimum atomic E-state index is -4.02. The van der Waals surface area contributed by atoms with E-state index in [0.717, 1.165) is 33.3 Å². The SMILES string of the molecule is CNC(=O)[C@H](Cc1ccccc1)N(Cc1ccccc1C)C(=O)CN(c1ccccc1F)S(C)(=O)=O. The van der Waals surface area contributed by atoms with Gasteiger partial charge in [-0.05, 0) is 35.7 Å². The Hall–Kier alpha value is -3.72. The number of carbonyl (C=O) groups excluding carboxylic acids is 2. The zero-order valence-corrected chi connectivity index (χ0v) is 21.3. The van der Waals surface area contributed by atoms with E-state index in [0.29, 0.717) is 0 Å². The second-order valence-electron chi connectivity index (χ2n) is 8.49. The molecule has 0 aliphatic carbocycles. The van der Waals surface area contributed by atoms with Crippen molar-refractivity contribution in [3.05, 3.63) is 101 Å². The molecule has 9 heteroatoms. The van der Waals surface area contributed by atoms with Crippen LogP contribution in [0.15, 0.2) is 78.9 Å². The summed E-state index contributed by atoms with van der Waals surface area (Å²) in [6, 6.07) is 21.1. The zero-order valence-electron chi connectivity index (χ0n) is 20.5. The maximum atomic E-state index is 14.6. The van der Waals surface area contributed by atoms with Gasteiger partial charge in [-0.3, -0.25) is 13.9 Å². The number of hydrogen-bond donors (Lipinski definition) is 1. The van der Waals surface area contributed by atoms with Gasteiger partial charge in [0.1, 0.15) is 18.4 Å². The third kappa shape index (κ3) is 6.69. The number of likely N-dealkylation sites (N-methyl/N-ethyl adjacent to an activating group) is 1. The molecule has 0 saturated carbocycles. The van der Waals surface area contributed by atoms with E-state index in [-0.39, 0.29) is 18.7 Å². The lowest BCUT2D eigenvalue weighted by molar-refractivity contribution is -0.139. The Morgan fingerprint density at radius 2 is 1.56 bits per heavy atom. The Balaban J connectivity index is 2.05. The van der Waals surface area contributed by atoms with E-state index in [4.69, 9.17) is 0 Å². The molecule has 36 heavy (non-hydrogen) atoms. The summed E-state index contributed by atoms with van der Waals surface area (Å²) >= 11 is 0. The molecule has 3 aromatic carbocycles. The molecule has 190 valence electrons. The van der Waals surface area contributed by atoms with Gasteiger partial charge in [0.2, 0.25) is 21.8 Å². The summed E-state index contributed by atoms with van der Waals surface area (Å²) in [7, 11) is -2.53. The molecule has 0 fully saturated rings. The first-order valence-corrected chi connectivity index (χ1v) is 13.3. The van der Waals surface area contributed by atoms with E-state index in [1.807, 2.05) is 61.5 Å². The van der Waals surface area contributed by atoms with Gasteiger partial charge in [-0.15, -0.1) is 0 Å². The first-order chi connectivity index (χ1) is 17.1. The number of benzene rings is 3. The van der Waals surface area contributed by atoms with Gasteiger partial charge in [-0.1, -0.05) is 66.7 Å². The predicted molar refractivity (Wildman–Crippen MR) is 138 cm³/mol. The molecule has 7 nitrogen and oxygen atoms in total. The number of sulfonamides is 1. The third-order valence-electron chi connectivity index (χ3n) is 5.92. The highest BCUT2D eigenvalue weighted by molar-refractivity contribution is 7.92. The standard InChI is InChI=1S/C27H30FN3O4S/c1-20-11-7-8-14-22(20)18-30(25(27(33)29-2)17-21-12-5-4-6-13-21)26(32)19-31(36(3,34)35)24-16-10-9-15-23(24)28/h4-16,25H,17-19H2,1-3H3,(H,29,33)/t25-/m0/s1. The van der Waals surface area contributed by atoms with Crippen LogP contribution in [-0.4, -0.2) is 51.0 Å². The van der Waals surface area contributed by atoms with Gasteiger partial charge < -0.3 is 10.2 Å². The molecule has 1 N–H and O–H groups in total. The van der Waals surface area contributed by atoms with Crippen molar-refractivity contribution in [1.82, 2.24) is 10.2 Å². The molecule has 0 radical (unpaired) electrons. The summed E-state index contributed by atoms with van der Waals surface area (Å²) in [4.78, 5) is 28.2. The fourth-order valence-corrected chi connectivity index (χ4v) is 4.79. The number of para-hydroxylation sites is 1. The third-order valence-corrected chi connectivity index (χ3v) is 7.05. The summed E-state index contributed by atoms with van der Waals surface area (Å²) in [6.07, 6.45) is 1.13. The van der Waals surface area contributed by atoms with Crippen molar-refractivity contribution in [2.45, 2.75) is 25.9 Å². The molecule has 0 unspecified atom stereocenters. The van der Waals surface area contributed by atoms with Crippen molar-refractivity contribution in [1.29, 1.82) is 0 Å². The molecular weight excluding hydrogens is 481 g/mol. The fourth-order valence-electron chi connectivity index (χ4n) is 3.94. The van der Waals surface area contributed by atoms with E-state index >= 15 is 0 Å². The summed E-state index contributed by atoms with van der Waals surface area (Å²) in [5.41, 5.74) is 2.33. The van der Waals surface area contributed by atoms with Gasteiger partial charge in [-0.25, -0.2) is 12.8 Å². The van der Waals surface area contributed by atoms with Gasteiger partial charge in [0.15, 0.2) is 0 Å². The average Bonchev–Trinajstić information content (AvgIpc) is 2.85. The fraction of sp³-hybridized carbons (Fsp3) is 0.259. The Morgan fingerprint density at radius 1 is 0.944 bits per heavy atom. The van der Waals surface area contributed by atoms with Gasteiger partial charge in [0.05, 0.1) is 11.9 Å². The summed E-state index contributed by atoms with van der Waals surface area (Å²) < 4.78 is 40.5. The van der Waals surface area contributed by atoms with Gasteiger partial charge in [0, 0.05) is 20.0 Å². The molecule has 3 aromatic rings. The van der Waals surface area contributed by atoms with Crippen molar-refractivity contribution in [3.63, 3.8) is 0 Å². The van der Waals surface area contributed by atoms with E-state index in [2.05, 4.69) is 5.32 Å². The molecule has 1 atom stereocenters. The van der Waals surface area contributed by atoms with Crippen molar-refractivity contribution in [2.75, 3.05) is 24.2 Å². The Kier molecular flexibility index (Phi) is 8.82. The molecule has 0 spiro atoms. The van der Waals surface area contributed by atoms with E-state index in [1.54, 1.807) is 0 Å². The number of amides is 2. The number of hydrogen-bond acceptors (Lipinski definition) is 4. The van der Waals surface area contributed by atoms with Crippen LogP contribution in [0.3, 0.4) is 0 Å². The molecule has 3 rings (SSSR count). The number of anilines is 1. The molecule has 0 saturated heterocycles. The molecule has 0 heterocycles.